The van der Waals surface area contributed by atoms with E-state index in [0.717, 1.165) is 0 Å². The van der Waals surface area contributed by atoms with Crippen LogP contribution in [-0.2, 0) is 20.6 Å². The molecule has 1 heterocycles. The van der Waals surface area contributed by atoms with Gasteiger partial charge < -0.3 is 44.5 Å². The molecule has 0 bridgehead atoms. The van der Waals surface area contributed by atoms with Crippen molar-refractivity contribution in [1.82, 2.24) is 0 Å². The van der Waals surface area contributed by atoms with Crippen LogP contribution in [0, 0.1) is 0 Å². The monoisotopic (exact) mass is 530 g/mol. The first kappa shape index (κ1) is 26.5. The van der Waals surface area contributed by atoms with Gasteiger partial charge in [-0.2, -0.15) is 0 Å². The van der Waals surface area contributed by atoms with E-state index >= 15 is 0 Å². The molecule has 1 aliphatic heterocycles. The van der Waals surface area contributed by atoms with Crippen molar-refractivity contribution in [3.05, 3.63) is 51.6 Å². The summed E-state index contributed by atoms with van der Waals surface area (Å²) >= 11 is 0. The summed E-state index contributed by atoms with van der Waals surface area (Å²) in [5.74, 6) is -2.12. The Hall–Kier alpha value is -3.06. The molecule has 7 unspecified atom stereocenters. The molecule has 2 aliphatic carbocycles. The third-order valence-corrected chi connectivity index (χ3v) is 7.57. The number of aromatic hydroxyl groups is 2. The van der Waals surface area contributed by atoms with Gasteiger partial charge in [0, 0.05) is 42.7 Å². The molecule has 0 saturated carbocycles. The number of aliphatic hydroxyl groups excluding tert-OH is 2. The minimum Gasteiger partial charge on any atom is -0.507 e. The first-order valence-corrected chi connectivity index (χ1v) is 12.2. The van der Waals surface area contributed by atoms with Gasteiger partial charge in [-0.3, -0.25) is 9.59 Å². The minimum atomic E-state index is -1.33. The maximum absolute atomic E-state index is 13.5. The molecule has 7 atom stereocenters. The molecule has 0 aromatic heterocycles. The van der Waals surface area contributed by atoms with Crippen molar-refractivity contribution in [2.45, 2.75) is 69.1 Å². The molecule has 5 rings (SSSR count). The van der Waals surface area contributed by atoms with Crippen LogP contribution in [0.2, 0.25) is 0 Å². The van der Waals surface area contributed by atoms with Crippen molar-refractivity contribution in [3.8, 4) is 17.2 Å². The Morgan fingerprint density at radius 1 is 1.00 bits per heavy atom. The predicted molar refractivity (Wildman–Crippen MR) is 130 cm³/mol. The molecule has 2 aromatic carbocycles. The smallest absolute Gasteiger partial charge is 0.201 e. The third-order valence-electron chi connectivity index (χ3n) is 7.57. The Bertz CT molecular complexity index is 1320. The predicted octanol–water partition coefficient (Wildman–Crippen LogP) is 1.12. The van der Waals surface area contributed by atoms with Crippen LogP contribution in [0.3, 0.4) is 0 Å². The van der Waals surface area contributed by atoms with E-state index in [-0.39, 0.29) is 46.4 Å². The average Bonchev–Trinajstić information content (AvgIpc) is 2.84. The van der Waals surface area contributed by atoms with Crippen molar-refractivity contribution in [3.63, 3.8) is 0 Å². The zero-order valence-electron chi connectivity index (χ0n) is 21.3. The summed E-state index contributed by atoms with van der Waals surface area (Å²) < 4.78 is 22.3. The number of carbonyl (C=O) groups is 2. The summed E-state index contributed by atoms with van der Waals surface area (Å²) in [6.45, 7) is 3.13. The molecule has 3 aliphatic rings. The fraction of sp³-hybridized carbons (Fsp3) is 0.481. The summed E-state index contributed by atoms with van der Waals surface area (Å²) in [6, 6.07) is 4.01. The number of ether oxygens (including phenoxy) is 4. The summed E-state index contributed by atoms with van der Waals surface area (Å²) in [4.78, 5) is 27.0. The lowest BCUT2D eigenvalue weighted by molar-refractivity contribution is -0.313. The lowest BCUT2D eigenvalue weighted by Gasteiger charge is -2.44. The number of phenols is 2. The van der Waals surface area contributed by atoms with Crippen molar-refractivity contribution in [2.75, 3.05) is 14.2 Å². The second-order valence-electron chi connectivity index (χ2n) is 10.3. The van der Waals surface area contributed by atoms with Gasteiger partial charge in [0.1, 0.15) is 35.6 Å². The maximum atomic E-state index is 13.5. The van der Waals surface area contributed by atoms with E-state index in [9.17, 15) is 35.1 Å². The topological polar surface area (TPSA) is 172 Å². The van der Waals surface area contributed by atoms with Gasteiger partial charge in [0.25, 0.3) is 0 Å². The highest BCUT2D eigenvalue weighted by Crippen LogP contribution is 2.48. The standard InChI is InChI=1S/C27H30O11/c1-10-20(29)24(33)25(36-4)26(37-10)38-16-9-27(2,34)8-11-5-13-19(22(31)17(11)16)23(32)18-14(21(13)30)6-12(35-3)7-15(18)28/h5-7,10,16,20,24-26,28-29,31,33-34H,8-9H2,1-4H3. The molecule has 0 radical (unpaired) electrons. The van der Waals surface area contributed by atoms with Gasteiger partial charge >= 0.3 is 0 Å². The van der Waals surface area contributed by atoms with E-state index in [1.807, 2.05) is 0 Å². The second-order valence-corrected chi connectivity index (χ2v) is 10.3. The van der Waals surface area contributed by atoms with E-state index in [2.05, 4.69) is 0 Å². The number of rotatable bonds is 4. The van der Waals surface area contributed by atoms with E-state index in [1.165, 1.54) is 32.4 Å². The number of fused-ring (bicyclic) bond motifs is 3. The highest BCUT2D eigenvalue weighted by atomic mass is 16.7. The van der Waals surface area contributed by atoms with Crippen LogP contribution < -0.4 is 4.74 Å². The molecule has 5 N–H and O–H groups in total. The summed E-state index contributed by atoms with van der Waals surface area (Å²) in [7, 11) is 2.68. The van der Waals surface area contributed by atoms with Gasteiger partial charge in [-0.05, 0) is 31.5 Å². The fourth-order valence-corrected chi connectivity index (χ4v) is 5.68. The van der Waals surface area contributed by atoms with Crippen molar-refractivity contribution in [2.24, 2.45) is 0 Å². The van der Waals surface area contributed by atoms with Gasteiger partial charge in [-0.15, -0.1) is 0 Å². The minimum absolute atomic E-state index is 0.0170. The molecule has 0 amide bonds. The van der Waals surface area contributed by atoms with E-state index in [1.54, 1.807) is 13.8 Å². The maximum Gasteiger partial charge on any atom is 0.201 e. The van der Waals surface area contributed by atoms with Gasteiger partial charge in [0.15, 0.2) is 12.1 Å². The van der Waals surface area contributed by atoms with Crippen molar-refractivity contribution in [1.29, 1.82) is 0 Å². The van der Waals surface area contributed by atoms with Gasteiger partial charge in [0.2, 0.25) is 5.78 Å². The quantitative estimate of drug-likeness (QED) is 0.327. The third kappa shape index (κ3) is 4.06. The molecular weight excluding hydrogens is 500 g/mol. The van der Waals surface area contributed by atoms with Gasteiger partial charge in [0.05, 0.1) is 36.0 Å². The fourth-order valence-electron chi connectivity index (χ4n) is 5.68. The van der Waals surface area contributed by atoms with Crippen LogP contribution in [-0.4, -0.2) is 87.6 Å². The van der Waals surface area contributed by atoms with Crippen LogP contribution in [0.15, 0.2) is 18.2 Å². The molecule has 204 valence electrons. The summed E-state index contributed by atoms with van der Waals surface area (Å²) in [6.07, 6.45) is -6.64. The number of methoxy groups -OCH3 is 2. The van der Waals surface area contributed by atoms with Crippen LogP contribution >= 0.6 is 0 Å². The van der Waals surface area contributed by atoms with Crippen LogP contribution in [0.1, 0.15) is 69.3 Å². The van der Waals surface area contributed by atoms with Crippen LogP contribution in [0.4, 0.5) is 0 Å². The molecular formula is C27H30O11. The highest BCUT2D eigenvalue weighted by Gasteiger charge is 2.48. The van der Waals surface area contributed by atoms with Gasteiger partial charge in [-0.1, -0.05) is 0 Å². The Morgan fingerprint density at radius 2 is 1.68 bits per heavy atom. The first-order valence-electron chi connectivity index (χ1n) is 12.2. The Labute approximate surface area is 218 Å². The normalized spacial score (nSPS) is 32.4. The highest BCUT2D eigenvalue weighted by molar-refractivity contribution is 6.30. The van der Waals surface area contributed by atoms with E-state index < -0.39 is 65.5 Å². The number of benzene rings is 2. The number of ketones is 2. The van der Waals surface area contributed by atoms with Gasteiger partial charge in [-0.25, -0.2) is 0 Å². The molecule has 1 fully saturated rings. The number of carbonyl (C=O) groups excluding carboxylic acids is 2. The second kappa shape index (κ2) is 9.30. The van der Waals surface area contributed by atoms with Crippen LogP contribution in [0.5, 0.6) is 17.2 Å². The van der Waals surface area contributed by atoms with E-state index in [4.69, 9.17) is 18.9 Å². The number of hydrogen-bond donors (Lipinski definition) is 5. The Morgan fingerprint density at radius 3 is 2.34 bits per heavy atom. The Balaban J connectivity index is 1.62. The van der Waals surface area contributed by atoms with Crippen molar-refractivity contribution >= 4 is 11.6 Å². The van der Waals surface area contributed by atoms with Crippen molar-refractivity contribution < 1.29 is 54.1 Å². The number of phenolic OH excluding ortho intramolecular Hbond substituents is 2. The number of aliphatic hydroxyl groups is 3. The molecule has 1 saturated heterocycles. The van der Waals surface area contributed by atoms with E-state index in [0.29, 0.717) is 5.56 Å². The molecule has 11 nitrogen and oxygen atoms in total. The molecule has 11 heteroatoms. The lowest BCUT2D eigenvalue weighted by atomic mass is 9.74. The first-order chi connectivity index (χ1) is 17.9. The lowest BCUT2D eigenvalue weighted by Crippen LogP contribution is -2.58. The molecule has 38 heavy (non-hydrogen) atoms. The molecule has 2 aromatic rings. The largest absolute Gasteiger partial charge is 0.507 e. The average molecular weight is 531 g/mol. The zero-order valence-corrected chi connectivity index (χ0v) is 21.3. The Kier molecular flexibility index (Phi) is 6.49. The number of hydrogen-bond acceptors (Lipinski definition) is 11. The summed E-state index contributed by atoms with van der Waals surface area (Å²) in [5, 5.41) is 53.7. The zero-order chi connectivity index (χ0) is 27.7. The van der Waals surface area contributed by atoms with Crippen LogP contribution in [0.25, 0.3) is 0 Å². The summed E-state index contributed by atoms with van der Waals surface area (Å²) in [5.41, 5.74) is -1.42. The SMILES string of the molecule is COc1cc(O)c2c(c1)C(=O)c1cc3c(c(O)c1C2=O)C(OC1OC(C)C(O)C(O)C1OC)CC(C)(O)C3. The molecule has 0 spiro atoms.